The number of rotatable bonds is 5. The second-order valence-electron chi connectivity index (χ2n) is 18.3. The summed E-state index contributed by atoms with van der Waals surface area (Å²) in [5, 5.41) is 62.9. The van der Waals surface area contributed by atoms with Crippen LogP contribution in [0, 0.1) is 46.3 Å². The van der Waals surface area contributed by atoms with Gasteiger partial charge < -0.3 is 59.1 Å². The zero-order valence-corrected chi connectivity index (χ0v) is 30.9. The fourth-order valence-corrected chi connectivity index (χ4v) is 12.5. The summed E-state index contributed by atoms with van der Waals surface area (Å²) in [5.74, 6) is 2.92. The highest BCUT2D eigenvalue weighted by Gasteiger charge is 2.68. The zero-order chi connectivity index (χ0) is 36.2. The Labute approximate surface area is 301 Å². The van der Waals surface area contributed by atoms with E-state index in [9.17, 15) is 30.6 Å². The van der Waals surface area contributed by atoms with Crippen molar-refractivity contribution < 1.29 is 59.1 Å². The van der Waals surface area contributed by atoms with Gasteiger partial charge in [-0.05, 0) is 98.7 Å². The summed E-state index contributed by atoms with van der Waals surface area (Å²) >= 11 is 0. The van der Waals surface area contributed by atoms with Crippen molar-refractivity contribution in [3.63, 3.8) is 0 Å². The Morgan fingerprint density at radius 3 is 2.33 bits per heavy atom. The van der Waals surface area contributed by atoms with E-state index in [1.807, 2.05) is 0 Å². The van der Waals surface area contributed by atoms with Crippen molar-refractivity contribution in [2.24, 2.45) is 46.3 Å². The quantitative estimate of drug-likeness (QED) is 0.229. The summed E-state index contributed by atoms with van der Waals surface area (Å²) < 4.78 is 37.6. The molecule has 4 aliphatic carbocycles. The smallest absolute Gasteiger partial charge is 0.187 e. The molecule has 4 saturated heterocycles. The van der Waals surface area contributed by atoms with Crippen molar-refractivity contribution in [3.05, 3.63) is 11.6 Å². The van der Waals surface area contributed by atoms with Gasteiger partial charge in [0.2, 0.25) is 0 Å². The molecule has 8 rings (SSSR count). The Kier molecular flexibility index (Phi) is 9.83. The topological polar surface area (TPSA) is 177 Å². The molecule has 6 N–H and O–H groups in total. The third-order valence-electron chi connectivity index (χ3n) is 15.6. The predicted octanol–water partition coefficient (Wildman–Crippen LogP) is 2.39. The second kappa shape index (κ2) is 13.5. The van der Waals surface area contributed by atoms with E-state index in [-0.39, 0.29) is 23.0 Å². The van der Waals surface area contributed by atoms with Gasteiger partial charge in [0.1, 0.15) is 42.7 Å². The van der Waals surface area contributed by atoms with E-state index in [4.69, 9.17) is 28.4 Å². The van der Waals surface area contributed by atoms with Crippen molar-refractivity contribution in [2.45, 2.75) is 172 Å². The lowest BCUT2D eigenvalue weighted by Crippen LogP contribution is -2.64. The van der Waals surface area contributed by atoms with Crippen LogP contribution in [-0.4, -0.2) is 123 Å². The maximum absolute atomic E-state index is 11.1. The summed E-state index contributed by atoms with van der Waals surface area (Å²) in [6.07, 6.45) is -1.68. The first-order valence-electron chi connectivity index (χ1n) is 19.8. The molecular formula is C39H62O12. The number of allylic oxidation sites excluding steroid dienone is 1. The number of hydrogen-bond acceptors (Lipinski definition) is 12. The molecule has 10 unspecified atom stereocenters. The molecule has 12 heteroatoms. The normalized spacial score (nSPS) is 58.4. The second-order valence-corrected chi connectivity index (χ2v) is 18.3. The van der Waals surface area contributed by atoms with Crippen LogP contribution in [0.1, 0.15) is 92.4 Å². The van der Waals surface area contributed by atoms with E-state index in [0.717, 1.165) is 38.7 Å². The highest BCUT2D eigenvalue weighted by molar-refractivity contribution is 5.26. The minimum absolute atomic E-state index is 0.0535. The number of aliphatic hydroxyl groups excluding tert-OH is 6. The highest BCUT2D eigenvalue weighted by atomic mass is 16.8. The summed E-state index contributed by atoms with van der Waals surface area (Å²) in [6, 6.07) is 0. The molecule has 4 aliphatic heterocycles. The summed E-state index contributed by atoms with van der Waals surface area (Å²) in [4.78, 5) is 0. The van der Waals surface area contributed by atoms with Crippen molar-refractivity contribution >= 4 is 0 Å². The number of ether oxygens (including phenoxy) is 6. The molecule has 21 atom stereocenters. The molecular weight excluding hydrogens is 660 g/mol. The molecule has 290 valence electrons. The Balaban J connectivity index is 0.964. The van der Waals surface area contributed by atoms with Crippen LogP contribution in [0.3, 0.4) is 0 Å². The summed E-state index contributed by atoms with van der Waals surface area (Å²) in [7, 11) is 0. The van der Waals surface area contributed by atoms with Gasteiger partial charge in [-0.1, -0.05) is 39.3 Å². The van der Waals surface area contributed by atoms with Crippen molar-refractivity contribution in [1.82, 2.24) is 0 Å². The van der Waals surface area contributed by atoms with Crippen LogP contribution in [-0.2, 0) is 28.4 Å². The predicted molar refractivity (Wildman–Crippen MR) is 182 cm³/mol. The van der Waals surface area contributed by atoms with Crippen LogP contribution in [0.5, 0.6) is 0 Å². The van der Waals surface area contributed by atoms with Gasteiger partial charge in [-0.15, -0.1) is 0 Å². The van der Waals surface area contributed by atoms with Gasteiger partial charge in [0, 0.05) is 12.3 Å². The first-order chi connectivity index (χ1) is 24.2. The molecule has 3 saturated carbocycles. The average Bonchev–Trinajstić information content (AvgIpc) is 3.56. The van der Waals surface area contributed by atoms with Crippen LogP contribution < -0.4 is 0 Å². The van der Waals surface area contributed by atoms with Crippen LogP contribution in [0.25, 0.3) is 0 Å². The van der Waals surface area contributed by atoms with Gasteiger partial charge in [0.25, 0.3) is 0 Å². The van der Waals surface area contributed by atoms with Gasteiger partial charge in [-0.3, -0.25) is 0 Å². The molecule has 0 amide bonds. The van der Waals surface area contributed by atoms with Crippen LogP contribution in [0.4, 0.5) is 0 Å². The third kappa shape index (κ3) is 5.84. The Bertz CT molecular complexity index is 1300. The molecule has 8 aliphatic rings. The van der Waals surface area contributed by atoms with Crippen molar-refractivity contribution in [3.8, 4) is 0 Å². The van der Waals surface area contributed by atoms with Crippen LogP contribution in [0.2, 0.25) is 0 Å². The zero-order valence-electron chi connectivity index (χ0n) is 30.9. The third-order valence-corrected chi connectivity index (χ3v) is 15.6. The van der Waals surface area contributed by atoms with Crippen LogP contribution >= 0.6 is 0 Å². The summed E-state index contributed by atoms with van der Waals surface area (Å²) in [6.45, 7) is 11.5. The molecule has 4 heterocycles. The van der Waals surface area contributed by atoms with E-state index in [2.05, 4.69) is 33.8 Å². The number of fused-ring (bicyclic) bond motifs is 7. The first-order valence-corrected chi connectivity index (χ1v) is 19.8. The van der Waals surface area contributed by atoms with E-state index in [1.165, 1.54) is 31.8 Å². The van der Waals surface area contributed by atoms with E-state index >= 15 is 0 Å². The average molecular weight is 723 g/mol. The number of aliphatic hydroxyl groups is 6. The number of hydrogen-bond donors (Lipinski definition) is 6. The fraction of sp³-hybridized carbons (Fsp3) is 0.949. The molecule has 7 fully saturated rings. The minimum Gasteiger partial charge on any atom is -0.394 e. The Morgan fingerprint density at radius 2 is 1.61 bits per heavy atom. The van der Waals surface area contributed by atoms with E-state index < -0.39 is 73.8 Å². The van der Waals surface area contributed by atoms with Crippen molar-refractivity contribution in [1.29, 1.82) is 0 Å². The minimum atomic E-state index is -1.61. The standard InChI is InChI=1S/C39H62O12/c1-18-8-13-39(46-17-18)19(2)28-26(51-39)15-25-23-7-6-21-14-22(9-11-37(21,4)24(23)10-12-38(25,28)5)48-36-34(32(44)30(42)27(16-40)49-36)50-35-33(45)31(43)29(41)20(3)47-35/h6,18-20,22-36,40-45H,7-17H2,1-5H3/t18-,19+,20?,22+,23?,24?,25?,26?,27?,28?,29+,30-,31?,32?,33+,34?,35+,36-,37+,38+,39-/m1/s1. The lowest BCUT2D eigenvalue weighted by atomic mass is 9.47. The van der Waals surface area contributed by atoms with Gasteiger partial charge >= 0.3 is 0 Å². The summed E-state index contributed by atoms with van der Waals surface area (Å²) in [5.41, 5.74) is 1.70. The van der Waals surface area contributed by atoms with E-state index in [0.29, 0.717) is 41.9 Å². The maximum Gasteiger partial charge on any atom is 0.187 e. The molecule has 0 aromatic carbocycles. The lowest BCUT2D eigenvalue weighted by molar-refractivity contribution is -0.369. The molecule has 0 aromatic heterocycles. The maximum atomic E-state index is 11.1. The van der Waals surface area contributed by atoms with E-state index in [1.54, 1.807) is 0 Å². The molecule has 0 radical (unpaired) electrons. The molecule has 0 aromatic rings. The van der Waals surface area contributed by atoms with Gasteiger partial charge in [0.05, 0.1) is 31.5 Å². The van der Waals surface area contributed by atoms with Gasteiger partial charge in [-0.2, -0.15) is 0 Å². The highest BCUT2D eigenvalue weighted by Crippen LogP contribution is 2.70. The van der Waals surface area contributed by atoms with Gasteiger partial charge in [0.15, 0.2) is 18.4 Å². The lowest BCUT2D eigenvalue weighted by Gasteiger charge is -2.58. The largest absolute Gasteiger partial charge is 0.394 e. The molecule has 12 nitrogen and oxygen atoms in total. The molecule has 0 bridgehead atoms. The first kappa shape index (κ1) is 37.2. The Morgan fingerprint density at radius 1 is 0.824 bits per heavy atom. The molecule has 51 heavy (non-hydrogen) atoms. The van der Waals surface area contributed by atoms with Crippen LogP contribution in [0.15, 0.2) is 11.6 Å². The SMILES string of the molecule is CC1O[C@@H](OC2C(O)[C@H](O)C(CO)O[C@H]2O[C@H]2CC[C@@]3(C)C(=CCC4C5CC6O[C@]7(CC[C@@H](C)CO7)[C@@H](C)C6[C@@]5(C)CCC43)C2)[C@@H](O)C(O)[C@H]1O. The fourth-order valence-electron chi connectivity index (χ4n) is 12.5. The molecule has 1 spiro atoms. The monoisotopic (exact) mass is 722 g/mol. The Hall–Kier alpha value is -0.740. The van der Waals surface area contributed by atoms with Crippen molar-refractivity contribution in [2.75, 3.05) is 13.2 Å². The van der Waals surface area contributed by atoms with Gasteiger partial charge in [-0.25, -0.2) is 0 Å².